The number of hydrogen-bond acceptors (Lipinski definition) is 4. The van der Waals surface area contributed by atoms with Crippen LogP contribution in [0.15, 0.2) is 12.3 Å². The van der Waals surface area contributed by atoms with E-state index in [0.717, 1.165) is 22.7 Å². The number of halogens is 1. The Kier molecular flexibility index (Phi) is 4.85. The van der Waals surface area contributed by atoms with Gasteiger partial charge in [0.05, 0.1) is 10.7 Å². The molecule has 0 spiro atoms. The van der Waals surface area contributed by atoms with Gasteiger partial charge < -0.3 is 10.1 Å². The van der Waals surface area contributed by atoms with Gasteiger partial charge in [0.25, 0.3) is 0 Å². The van der Waals surface area contributed by atoms with Gasteiger partial charge in [0.2, 0.25) is 5.88 Å². The van der Waals surface area contributed by atoms with Crippen molar-refractivity contribution in [3.63, 3.8) is 0 Å². The molecule has 0 atom stereocenters. The number of aryl methyl sites for hydroxylation is 2. The lowest BCUT2D eigenvalue weighted by molar-refractivity contribution is 0.453. The van der Waals surface area contributed by atoms with Crippen molar-refractivity contribution < 1.29 is 4.74 Å². The molecule has 2 aromatic heterocycles. The van der Waals surface area contributed by atoms with Gasteiger partial charge in [-0.15, -0.1) is 0 Å². The second kappa shape index (κ2) is 6.45. The van der Waals surface area contributed by atoms with Crippen molar-refractivity contribution in [2.24, 2.45) is 7.05 Å². The Morgan fingerprint density at radius 1 is 1.38 bits per heavy atom. The molecule has 0 saturated heterocycles. The highest BCUT2D eigenvalue weighted by atomic mass is 35.5. The number of hydrogen-bond donors (Lipinski definition) is 1. The summed E-state index contributed by atoms with van der Waals surface area (Å²) in [4.78, 5) is 4.23. The van der Waals surface area contributed by atoms with Crippen LogP contribution in [0.1, 0.15) is 30.8 Å². The normalized spacial score (nSPS) is 11.2. The molecular formula is C15H21ClN4O. The monoisotopic (exact) mass is 308 g/mol. The SMILES string of the molecule is Cc1nn(C)c(C)c1Oc1cc(CNC(C)C)c(Cl)cn1. The maximum Gasteiger partial charge on any atom is 0.219 e. The van der Waals surface area contributed by atoms with Gasteiger partial charge in [-0.2, -0.15) is 5.10 Å². The molecule has 0 unspecified atom stereocenters. The van der Waals surface area contributed by atoms with Crippen LogP contribution in [0.25, 0.3) is 0 Å². The van der Waals surface area contributed by atoms with Crippen LogP contribution in [0.3, 0.4) is 0 Å². The highest BCUT2D eigenvalue weighted by Gasteiger charge is 2.13. The quantitative estimate of drug-likeness (QED) is 0.920. The van der Waals surface area contributed by atoms with Crippen LogP contribution in [0.5, 0.6) is 11.6 Å². The average molecular weight is 309 g/mol. The van der Waals surface area contributed by atoms with Crippen molar-refractivity contribution in [2.75, 3.05) is 0 Å². The van der Waals surface area contributed by atoms with Crippen LogP contribution < -0.4 is 10.1 Å². The number of rotatable bonds is 5. The van der Waals surface area contributed by atoms with E-state index in [2.05, 4.69) is 29.2 Å². The Bertz CT molecular complexity index is 637. The summed E-state index contributed by atoms with van der Waals surface area (Å²) < 4.78 is 7.68. The van der Waals surface area contributed by atoms with Gasteiger partial charge in [0.1, 0.15) is 5.69 Å². The second-order valence-electron chi connectivity index (χ2n) is 5.38. The number of nitrogens with one attached hydrogen (secondary N) is 1. The summed E-state index contributed by atoms with van der Waals surface area (Å²) in [5, 5.41) is 8.30. The Morgan fingerprint density at radius 3 is 2.67 bits per heavy atom. The molecule has 0 aromatic carbocycles. The molecule has 1 N–H and O–H groups in total. The molecule has 5 nitrogen and oxygen atoms in total. The third-order valence-electron chi connectivity index (χ3n) is 3.26. The molecule has 0 radical (unpaired) electrons. The van der Waals surface area contributed by atoms with Crippen molar-refractivity contribution in [2.45, 2.75) is 40.3 Å². The topological polar surface area (TPSA) is 52.0 Å². The fourth-order valence-corrected chi connectivity index (χ4v) is 2.14. The Balaban J connectivity index is 2.22. The minimum Gasteiger partial charge on any atom is -0.435 e. The fourth-order valence-electron chi connectivity index (χ4n) is 1.97. The molecule has 0 aliphatic rings. The molecule has 0 aliphatic carbocycles. The predicted molar refractivity (Wildman–Crippen MR) is 84.0 cm³/mol. The lowest BCUT2D eigenvalue weighted by Gasteiger charge is -2.11. The van der Waals surface area contributed by atoms with Crippen molar-refractivity contribution in [1.29, 1.82) is 0 Å². The van der Waals surface area contributed by atoms with Gasteiger partial charge in [0.15, 0.2) is 5.75 Å². The minimum atomic E-state index is 0.390. The standard InChI is InChI=1S/C15H21ClN4O/c1-9(2)17-7-12-6-14(18-8-13(12)16)21-15-10(3)19-20(5)11(15)4/h6,8-9,17H,7H2,1-5H3. The Hall–Kier alpha value is -1.59. The summed E-state index contributed by atoms with van der Waals surface area (Å²) in [6.45, 7) is 8.75. The number of ether oxygens (including phenoxy) is 1. The third kappa shape index (κ3) is 3.74. The highest BCUT2D eigenvalue weighted by molar-refractivity contribution is 6.31. The fraction of sp³-hybridized carbons (Fsp3) is 0.467. The Morgan fingerprint density at radius 2 is 2.10 bits per heavy atom. The number of aromatic nitrogens is 3. The number of pyridine rings is 1. The van der Waals surface area contributed by atoms with E-state index in [1.54, 1.807) is 10.9 Å². The van der Waals surface area contributed by atoms with E-state index in [0.29, 0.717) is 23.5 Å². The van der Waals surface area contributed by atoms with E-state index in [1.807, 2.05) is 27.0 Å². The molecule has 6 heteroatoms. The summed E-state index contributed by atoms with van der Waals surface area (Å²) in [7, 11) is 1.89. The van der Waals surface area contributed by atoms with E-state index in [-0.39, 0.29) is 0 Å². The first kappa shape index (κ1) is 15.8. The van der Waals surface area contributed by atoms with Crippen LogP contribution in [-0.2, 0) is 13.6 Å². The van der Waals surface area contributed by atoms with E-state index in [4.69, 9.17) is 16.3 Å². The number of nitrogens with zero attached hydrogens (tertiary/aromatic N) is 3. The average Bonchev–Trinajstić information content (AvgIpc) is 2.65. The molecule has 0 amide bonds. The van der Waals surface area contributed by atoms with E-state index in [1.165, 1.54) is 0 Å². The van der Waals surface area contributed by atoms with Crippen LogP contribution >= 0.6 is 11.6 Å². The van der Waals surface area contributed by atoms with Crippen molar-refractivity contribution >= 4 is 11.6 Å². The first-order chi connectivity index (χ1) is 9.88. The van der Waals surface area contributed by atoms with Crippen LogP contribution in [0, 0.1) is 13.8 Å². The molecule has 21 heavy (non-hydrogen) atoms. The molecule has 114 valence electrons. The van der Waals surface area contributed by atoms with Gasteiger partial charge in [0, 0.05) is 31.9 Å². The van der Waals surface area contributed by atoms with Crippen LogP contribution in [-0.4, -0.2) is 20.8 Å². The zero-order valence-corrected chi connectivity index (χ0v) is 13.8. The second-order valence-corrected chi connectivity index (χ2v) is 5.78. The molecular weight excluding hydrogens is 288 g/mol. The molecule has 2 aromatic rings. The smallest absolute Gasteiger partial charge is 0.219 e. The summed E-state index contributed by atoms with van der Waals surface area (Å²) in [5.41, 5.74) is 2.77. The molecule has 0 bridgehead atoms. The predicted octanol–water partition coefficient (Wildman–Crippen LogP) is 3.38. The lowest BCUT2D eigenvalue weighted by atomic mass is 10.2. The molecule has 0 fully saturated rings. The molecule has 0 saturated carbocycles. The van der Waals surface area contributed by atoms with Gasteiger partial charge in [-0.1, -0.05) is 25.4 Å². The van der Waals surface area contributed by atoms with Gasteiger partial charge in [-0.3, -0.25) is 4.68 Å². The zero-order valence-electron chi connectivity index (χ0n) is 13.1. The largest absolute Gasteiger partial charge is 0.435 e. The summed E-state index contributed by atoms with van der Waals surface area (Å²) in [5.74, 6) is 1.27. The van der Waals surface area contributed by atoms with E-state index < -0.39 is 0 Å². The van der Waals surface area contributed by atoms with Crippen LogP contribution in [0.4, 0.5) is 0 Å². The van der Waals surface area contributed by atoms with Crippen molar-refractivity contribution in [1.82, 2.24) is 20.1 Å². The molecule has 2 rings (SSSR count). The molecule has 0 aliphatic heterocycles. The van der Waals surface area contributed by atoms with Gasteiger partial charge in [-0.05, 0) is 19.4 Å². The van der Waals surface area contributed by atoms with E-state index >= 15 is 0 Å². The minimum absolute atomic E-state index is 0.390. The van der Waals surface area contributed by atoms with Gasteiger partial charge >= 0.3 is 0 Å². The first-order valence-electron chi connectivity index (χ1n) is 6.94. The lowest BCUT2D eigenvalue weighted by Crippen LogP contribution is -2.22. The summed E-state index contributed by atoms with van der Waals surface area (Å²) in [6.07, 6.45) is 1.62. The van der Waals surface area contributed by atoms with Crippen molar-refractivity contribution in [3.05, 3.63) is 34.2 Å². The first-order valence-corrected chi connectivity index (χ1v) is 7.32. The summed E-state index contributed by atoms with van der Waals surface area (Å²) >= 11 is 6.17. The zero-order chi connectivity index (χ0) is 15.6. The maximum atomic E-state index is 6.17. The summed E-state index contributed by atoms with van der Waals surface area (Å²) in [6, 6.07) is 2.25. The molecule has 2 heterocycles. The van der Waals surface area contributed by atoms with Crippen molar-refractivity contribution in [3.8, 4) is 11.6 Å². The highest BCUT2D eigenvalue weighted by Crippen LogP contribution is 2.28. The van der Waals surface area contributed by atoms with Gasteiger partial charge in [-0.25, -0.2) is 4.98 Å². The maximum absolute atomic E-state index is 6.17. The Labute approximate surface area is 130 Å². The third-order valence-corrected chi connectivity index (χ3v) is 3.60. The van der Waals surface area contributed by atoms with E-state index in [9.17, 15) is 0 Å². The van der Waals surface area contributed by atoms with Crippen LogP contribution in [0.2, 0.25) is 5.02 Å².